The van der Waals surface area contributed by atoms with E-state index < -0.39 is 14.0 Å². The average molecular weight is 307 g/mol. The van der Waals surface area contributed by atoms with Crippen molar-refractivity contribution in [2.45, 2.75) is 32.4 Å². The van der Waals surface area contributed by atoms with Crippen molar-refractivity contribution in [3.05, 3.63) is 24.2 Å². The zero-order chi connectivity index (χ0) is 15.5. The van der Waals surface area contributed by atoms with Gasteiger partial charge in [0.1, 0.15) is 12.2 Å². The van der Waals surface area contributed by atoms with Gasteiger partial charge >= 0.3 is 5.97 Å². The van der Waals surface area contributed by atoms with Crippen LogP contribution in [0, 0.1) is 0 Å². The van der Waals surface area contributed by atoms with Gasteiger partial charge in [-0.15, -0.1) is 0 Å². The molecule has 0 aromatic carbocycles. The Morgan fingerprint density at radius 1 is 1.38 bits per heavy atom. The molecular formula is C14H21N3O3Si. The molecule has 2 rings (SSSR count). The predicted octanol–water partition coefficient (Wildman–Crippen LogP) is 2.53. The van der Waals surface area contributed by atoms with Crippen molar-refractivity contribution in [1.82, 2.24) is 14.5 Å². The van der Waals surface area contributed by atoms with E-state index in [4.69, 9.17) is 4.74 Å². The molecule has 2 heterocycles. The summed E-state index contributed by atoms with van der Waals surface area (Å²) in [4.78, 5) is 19.9. The molecule has 0 bridgehead atoms. The third kappa shape index (κ3) is 4.12. The number of esters is 1. The maximum atomic E-state index is 11.4. The lowest BCUT2D eigenvalue weighted by Crippen LogP contribution is -2.22. The van der Waals surface area contributed by atoms with Crippen LogP contribution in [0.5, 0.6) is 0 Å². The maximum absolute atomic E-state index is 11.4. The summed E-state index contributed by atoms with van der Waals surface area (Å²) < 4.78 is 12.2. The molecule has 0 spiro atoms. The molecule has 114 valence electrons. The Morgan fingerprint density at radius 3 is 2.81 bits per heavy atom. The molecular weight excluding hydrogens is 286 g/mol. The third-order valence-electron chi connectivity index (χ3n) is 3.08. The summed E-state index contributed by atoms with van der Waals surface area (Å²) in [7, 11) is 0.254. The quantitative estimate of drug-likeness (QED) is 0.466. The number of hydrogen-bond acceptors (Lipinski definition) is 5. The van der Waals surface area contributed by atoms with Gasteiger partial charge in [-0.1, -0.05) is 19.6 Å². The van der Waals surface area contributed by atoms with E-state index in [0.29, 0.717) is 17.9 Å². The van der Waals surface area contributed by atoms with E-state index in [1.165, 1.54) is 13.3 Å². The Bertz CT molecular complexity index is 634. The molecule has 0 saturated carbocycles. The summed E-state index contributed by atoms with van der Waals surface area (Å²) in [6.45, 7) is 8.16. The molecule has 7 heteroatoms. The summed E-state index contributed by atoms with van der Waals surface area (Å²) in [5.74, 6) is -0.483. The number of fused-ring (bicyclic) bond motifs is 1. The molecule has 2 aromatic heterocycles. The van der Waals surface area contributed by atoms with Crippen LogP contribution in [0.2, 0.25) is 25.7 Å². The highest BCUT2D eigenvalue weighted by atomic mass is 28.3. The minimum Gasteiger partial charge on any atom is -0.464 e. The first-order valence-electron chi connectivity index (χ1n) is 6.89. The van der Waals surface area contributed by atoms with Gasteiger partial charge in [0.25, 0.3) is 0 Å². The minimum atomic E-state index is -1.07. The lowest BCUT2D eigenvalue weighted by atomic mass is 10.4. The number of methoxy groups -OCH3 is 1. The van der Waals surface area contributed by atoms with Crippen LogP contribution in [0.1, 0.15) is 10.5 Å². The molecule has 21 heavy (non-hydrogen) atoms. The Labute approximate surface area is 125 Å². The zero-order valence-corrected chi connectivity index (χ0v) is 13.9. The van der Waals surface area contributed by atoms with Crippen molar-refractivity contribution in [1.29, 1.82) is 0 Å². The van der Waals surface area contributed by atoms with Gasteiger partial charge in [-0.05, 0) is 12.1 Å². The van der Waals surface area contributed by atoms with Gasteiger partial charge in [-0.2, -0.15) is 0 Å². The second kappa shape index (κ2) is 6.36. The standard InChI is InChI=1S/C14H21N3O3Si/c1-19-14(18)12-9-15-13-11(16-12)5-6-17(13)10-20-7-8-21(2,3)4/h5-6,9H,7-8,10H2,1-4H3. The molecule has 0 aliphatic carbocycles. The molecule has 0 aliphatic rings. The van der Waals surface area contributed by atoms with Crippen LogP contribution in [0.15, 0.2) is 18.5 Å². The van der Waals surface area contributed by atoms with Gasteiger partial charge in [0.05, 0.1) is 13.3 Å². The fourth-order valence-electron chi connectivity index (χ4n) is 1.81. The second-order valence-corrected chi connectivity index (χ2v) is 11.7. The summed E-state index contributed by atoms with van der Waals surface area (Å²) in [5.41, 5.74) is 1.57. The van der Waals surface area contributed by atoms with E-state index in [1.807, 2.05) is 16.8 Å². The van der Waals surface area contributed by atoms with Crippen molar-refractivity contribution in [3.8, 4) is 0 Å². The van der Waals surface area contributed by atoms with E-state index in [-0.39, 0.29) is 5.69 Å². The van der Waals surface area contributed by atoms with Gasteiger partial charge < -0.3 is 14.0 Å². The van der Waals surface area contributed by atoms with Crippen molar-refractivity contribution >= 4 is 25.2 Å². The lowest BCUT2D eigenvalue weighted by molar-refractivity contribution is 0.0594. The SMILES string of the molecule is COC(=O)c1cnc2c(ccn2COCC[Si](C)(C)C)n1. The molecule has 0 aliphatic heterocycles. The first kappa shape index (κ1) is 15.7. The van der Waals surface area contributed by atoms with Crippen molar-refractivity contribution < 1.29 is 14.3 Å². The number of rotatable bonds is 6. The molecule has 0 saturated heterocycles. The van der Waals surface area contributed by atoms with Crippen LogP contribution in [0.4, 0.5) is 0 Å². The molecule has 0 atom stereocenters. The topological polar surface area (TPSA) is 66.2 Å². The number of carbonyl (C=O) groups excluding carboxylic acids is 1. The molecule has 0 N–H and O–H groups in total. The molecule has 0 unspecified atom stereocenters. The average Bonchev–Trinajstić information content (AvgIpc) is 2.84. The molecule has 0 radical (unpaired) electrons. The predicted molar refractivity (Wildman–Crippen MR) is 83.0 cm³/mol. The number of hydrogen-bond donors (Lipinski definition) is 0. The highest BCUT2D eigenvalue weighted by Gasteiger charge is 2.13. The fraction of sp³-hybridized carbons (Fsp3) is 0.500. The monoisotopic (exact) mass is 307 g/mol. The molecule has 2 aromatic rings. The Kier molecular flexibility index (Phi) is 4.74. The number of ether oxygens (including phenoxy) is 2. The van der Waals surface area contributed by atoms with Gasteiger partial charge in [-0.3, -0.25) is 0 Å². The van der Waals surface area contributed by atoms with E-state index in [1.54, 1.807) is 0 Å². The van der Waals surface area contributed by atoms with Crippen molar-refractivity contribution in [2.75, 3.05) is 13.7 Å². The molecule has 6 nitrogen and oxygen atoms in total. The van der Waals surface area contributed by atoms with Crippen LogP contribution >= 0.6 is 0 Å². The fourth-order valence-corrected chi connectivity index (χ4v) is 2.57. The number of nitrogens with zero attached hydrogens (tertiary/aromatic N) is 3. The van der Waals surface area contributed by atoms with Gasteiger partial charge in [0.2, 0.25) is 0 Å². The van der Waals surface area contributed by atoms with E-state index in [2.05, 4.69) is 34.3 Å². The van der Waals surface area contributed by atoms with Crippen LogP contribution in [0.3, 0.4) is 0 Å². The number of aromatic nitrogens is 3. The number of carbonyl (C=O) groups is 1. The highest BCUT2D eigenvalue weighted by Crippen LogP contribution is 2.13. The largest absolute Gasteiger partial charge is 0.464 e. The van der Waals surface area contributed by atoms with Crippen LogP contribution in [0.25, 0.3) is 11.2 Å². The van der Waals surface area contributed by atoms with E-state index in [0.717, 1.165) is 12.7 Å². The molecule has 0 amide bonds. The zero-order valence-electron chi connectivity index (χ0n) is 12.9. The van der Waals surface area contributed by atoms with E-state index >= 15 is 0 Å². The second-order valence-electron chi connectivity index (χ2n) is 6.09. The van der Waals surface area contributed by atoms with Crippen LogP contribution in [-0.4, -0.2) is 42.3 Å². The molecule has 0 fully saturated rings. The van der Waals surface area contributed by atoms with Crippen LogP contribution < -0.4 is 0 Å². The lowest BCUT2D eigenvalue weighted by Gasteiger charge is -2.15. The highest BCUT2D eigenvalue weighted by molar-refractivity contribution is 6.76. The minimum absolute atomic E-state index is 0.211. The van der Waals surface area contributed by atoms with Crippen molar-refractivity contribution in [3.63, 3.8) is 0 Å². The van der Waals surface area contributed by atoms with Gasteiger partial charge in [-0.25, -0.2) is 14.8 Å². The smallest absolute Gasteiger partial charge is 0.358 e. The maximum Gasteiger partial charge on any atom is 0.358 e. The third-order valence-corrected chi connectivity index (χ3v) is 4.79. The first-order chi connectivity index (χ1) is 9.90. The Balaban J connectivity index is 2.03. The van der Waals surface area contributed by atoms with Gasteiger partial charge in [0.15, 0.2) is 11.3 Å². The first-order valence-corrected chi connectivity index (χ1v) is 10.6. The Hall–Kier alpha value is -1.73. The Morgan fingerprint density at radius 2 is 2.14 bits per heavy atom. The van der Waals surface area contributed by atoms with Gasteiger partial charge in [0, 0.05) is 20.9 Å². The van der Waals surface area contributed by atoms with Crippen LogP contribution in [-0.2, 0) is 16.2 Å². The summed E-state index contributed by atoms with van der Waals surface area (Å²) >= 11 is 0. The van der Waals surface area contributed by atoms with E-state index in [9.17, 15) is 4.79 Å². The normalized spacial score (nSPS) is 11.8. The van der Waals surface area contributed by atoms with Crippen molar-refractivity contribution in [2.24, 2.45) is 0 Å². The summed E-state index contributed by atoms with van der Waals surface area (Å²) in [5, 5.41) is 0. The summed E-state index contributed by atoms with van der Waals surface area (Å²) in [6, 6.07) is 2.95. The summed E-state index contributed by atoms with van der Waals surface area (Å²) in [6.07, 6.45) is 3.28.